The fourth-order valence-corrected chi connectivity index (χ4v) is 2.13. The molecular weight excluding hydrogens is 270 g/mol. The fraction of sp³-hybridized carbons (Fsp3) is 0.286. The summed E-state index contributed by atoms with van der Waals surface area (Å²) < 4.78 is 0. The van der Waals surface area contributed by atoms with Crippen molar-refractivity contribution in [1.82, 2.24) is 9.97 Å². The molecule has 0 unspecified atom stereocenters. The Bertz CT molecular complexity index is 645. The molecule has 0 spiro atoms. The maximum Gasteiger partial charge on any atom is 0.333 e. The van der Waals surface area contributed by atoms with E-state index in [0.717, 1.165) is 5.69 Å². The number of hydrogen-bond acceptors (Lipinski definition) is 6. The number of nitrogens with zero attached hydrogens (tertiary/aromatic N) is 4. The molecule has 0 radical (unpaired) electrons. The Morgan fingerprint density at radius 1 is 1.29 bits per heavy atom. The van der Waals surface area contributed by atoms with Crippen LogP contribution in [0.2, 0.25) is 0 Å². The van der Waals surface area contributed by atoms with Crippen LogP contribution in [0.15, 0.2) is 30.3 Å². The van der Waals surface area contributed by atoms with Crippen molar-refractivity contribution in [3.8, 4) is 0 Å². The summed E-state index contributed by atoms with van der Waals surface area (Å²) in [5, 5.41) is 14.2. The molecule has 0 fully saturated rings. The summed E-state index contributed by atoms with van der Waals surface area (Å²) in [5.41, 5.74) is 1.12. The lowest BCUT2D eigenvalue weighted by atomic mass is 10.2. The van der Waals surface area contributed by atoms with Gasteiger partial charge in [-0.2, -0.15) is 4.98 Å². The highest BCUT2D eigenvalue weighted by molar-refractivity contribution is 5.70. The van der Waals surface area contributed by atoms with Gasteiger partial charge in [-0.3, -0.25) is 10.1 Å². The number of rotatable bonds is 5. The van der Waals surface area contributed by atoms with Crippen molar-refractivity contribution >= 4 is 23.1 Å². The molecule has 7 nitrogen and oxygen atoms in total. The summed E-state index contributed by atoms with van der Waals surface area (Å²) in [7, 11) is 1.68. The molecule has 2 aromatic rings. The third-order valence-electron chi connectivity index (χ3n) is 3.09. The largest absolute Gasteiger partial charge is 0.357 e. The smallest absolute Gasteiger partial charge is 0.333 e. The minimum Gasteiger partial charge on any atom is -0.357 e. The van der Waals surface area contributed by atoms with E-state index in [9.17, 15) is 10.1 Å². The second-order valence-corrected chi connectivity index (χ2v) is 4.39. The molecule has 0 atom stereocenters. The number of benzene rings is 1. The first-order valence-corrected chi connectivity index (χ1v) is 6.61. The van der Waals surface area contributed by atoms with Crippen LogP contribution in [0.25, 0.3) is 0 Å². The van der Waals surface area contributed by atoms with Crippen LogP contribution in [-0.4, -0.2) is 28.5 Å². The average molecular weight is 287 g/mol. The summed E-state index contributed by atoms with van der Waals surface area (Å²) >= 11 is 0. The molecule has 0 aliphatic carbocycles. The highest BCUT2D eigenvalue weighted by Gasteiger charge is 2.26. The van der Waals surface area contributed by atoms with Crippen molar-refractivity contribution in [2.24, 2.45) is 0 Å². The molecule has 0 aliphatic heterocycles. The highest BCUT2D eigenvalue weighted by atomic mass is 16.6. The van der Waals surface area contributed by atoms with Crippen molar-refractivity contribution in [3.05, 3.63) is 46.1 Å². The molecule has 0 saturated heterocycles. The lowest BCUT2D eigenvalue weighted by Gasteiger charge is -2.22. The van der Waals surface area contributed by atoms with Crippen LogP contribution in [-0.2, 0) is 0 Å². The maximum atomic E-state index is 11.4. The molecule has 21 heavy (non-hydrogen) atoms. The molecular formula is C14H17N5O2. The van der Waals surface area contributed by atoms with Crippen LogP contribution >= 0.6 is 0 Å². The van der Waals surface area contributed by atoms with E-state index in [1.165, 1.54) is 0 Å². The molecule has 0 amide bonds. The summed E-state index contributed by atoms with van der Waals surface area (Å²) in [6, 6.07) is 9.46. The van der Waals surface area contributed by atoms with E-state index in [0.29, 0.717) is 24.0 Å². The van der Waals surface area contributed by atoms with Gasteiger partial charge in [0, 0.05) is 19.3 Å². The summed E-state index contributed by atoms with van der Waals surface area (Å²) in [4.78, 5) is 21.1. The number of aromatic nitrogens is 2. The van der Waals surface area contributed by atoms with E-state index in [1.54, 1.807) is 18.9 Å². The molecule has 0 saturated carbocycles. The summed E-state index contributed by atoms with van der Waals surface area (Å²) in [6.07, 6.45) is 0. The monoisotopic (exact) mass is 287 g/mol. The number of anilines is 3. The van der Waals surface area contributed by atoms with Crippen molar-refractivity contribution in [2.75, 3.05) is 23.8 Å². The molecule has 1 aromatic carbocycles. The zero-order chi connectivity index (χ0) is 15.4. The van der Waals surface area contributed by atoms with E-state index in [-0.39, 0.29) is 5.69 Å². The Morgan fingerprint density at radius 2 is 1.95 bits per heavy atom. The topological polar surface area (TPSA) is 84.2 Å². The normalized spacial score (nSPS) is 10.2. The second kappa shape index (κ2) is 6.17. The molecule has 1 heterocycles. The van der Waals surface area contributed by atoms with E-state index in [2.05, 4.69) is 15.3 Å². The summed E-state index contributed by atoms with van der Waals surface area (Å²) in [5.74, 6) is 0.660. The van der Waals surface area contributed by atoms with Crippen LogP contribution in [0, 0.1) is 17.0 Å². The molecule has 1 aromatic heterocycles. The Hall–Kier alpha value is -2.70. The number of para-hydroxylation sites is 1. The van der Waals surface area contributed by atoms with Crippen LogP contribution < -0.4 is 10.2 Å². The third kappa shape index (κ3) is 2.91. The van der Waals surface area contributed by atoms with Gasteiger partial charge in [-0.1, -0.05) is 18.2 Å². The van der Waals surface area contributed by atoms with Crippen LogP contribution in [0.1, 0.15) is 12.6 Å². The third-order valence-corrected chi connectivity index (χ3v) is 3.09. The fourth-order valence-electron chi connectivity index (χ4n) is 2.13. The quantitative estimate of drug-likeness (QED) is 0.672. The second-order valence-electron chi connectivity index (χ2n) is 4.39. The Morgan fingerprint density at radius 3 is 2.48 bits per heavy atom. The minimum atomic E-state index is -0.435. The molecule has 0 aliphatic rings. The number of hydrogen-bond donors (Lipinski definition) is 1. The van der Waals surface area contributed by atoms with Gasteiger partial charge in [0.25, 0.3) is 0 Å². The Balaban J connectivity index is 2.64. The van der Waals surface area contributed by atoms with Gasteiger partial charge >= 0.3 is 5.69 Å². The van der Waals surface area contributed by atoms with Crippen LogP contribution in [0.3, 0.4) is 0 Å². The van der Waals surface area contributed by atoms with Crippen molar-refractivity contribution in [1.29, 1.82) is 0 Å². The predicted molar refractivity (Wildman–Crippen MR) is 82.1 cm³/mol. The van der Waals surface area contributed by atoms with Crippen molar-refractivity contribution < 1.29 is 4.92 Å². The molecule has 2 rings (SSSR count). The zero-order valence-corrected chi connectivity index (χ0v) is 12.2. The van der Waals surface area contributed by atoms with E-state index >= 15 is 0 Å². The van der Waals surface area contributed by atoms with Gasteiger partial charge in [0.15, 0.2) is 0 Å². The molecule has 7 heteroatoms. The minimum absolute atomic E-state index is 0.0697. The van der Waals surface area contributed by atoms with E-state index < -0.39 is 4.92 Å². The van der Waals surface area contributed by atoms with Crippen molar-refractivity contribution in [2.45, 2.75) is 13.8 Å². The van der Waals surface area contributed by atoms with Gasteiger partial charge in [-0.05, 0) is 26.0 Å². The van der Waals surface area contributed by atoms with Gasteiger partial charge in [-0.15, -0.1) is 0 Å². The standard InChI is InChI=1S/C14H17N5O2/c1-4-18(11-8-6-5-7-9-11)13-12(19(20)21)10(2)16-14(15-3)17-13/h5-9H,4H2,1-3H3,(H,15,16,17). The Kier molecular flexibility index (Phi) is 4.32. The average Bonchev–Trinajstić information content (AvgIpc) is 2.48. The lowest BCUT2D eigenvalue weighted by Crippen LogP contribution is -2.20. The van der Waals surface area contributed by atoms with E-state index in [4.69, 9.17) is 0 Å². The van der Waals surface area contributed by atoms with Crippen LogP contribution in [0.4, 0.5) is 23.1 Å². The molecule has 1 N–H and O–H groups in total. The number of nitro groups is 1. The maximum absolute atomic E-state index is 11.4. The first-order valence-electron chi connectivity index (χ1n) is 6.61. The van der Waals surface area contributed by atoms with Gasteiger partial charge < -0.3 is 10.2 Å². The first kappa shape index (κ1) is 14.7. The summed E-state index contributed by atoms with van der Waals surface area (Å²) in [6.45, 7) is 4.10. The Labute approximate surface area is 122 Å². The van der Waals surface area contributed by atoms with Gasteiger partial charge in [0.05, 0.1) is 4.92 Å². The van der Waals surface area contributed by atoms with Gasteiger partial charge in [0.2, 0.25) is 11.8 Å². The molecule has 0 bridgehead atoms. The first-order chi connectivity index (χ1) is 10.1. The van der Waals surface area contributed by atoms with Gasteiger partial charge in [-0.25, -0.2) is 4.98 Å². The number of aryl methyl sites for hydroxylation is 1. The zero-order valence-electron chi connectivity index (χ0n) is 12.2. The predicted octanol–water partition coefficient (Wildman–Crippen LogP) is 2.89. The highest BCUT2D eigenvalue weighted by Crippen LogP contribution is 2.34. The number of nitrogens with one attached hydrogen (secondary N) is 1. The molecule has 110 valence electrons. The van der Waals surface area contributed by atoms with Crippen LogP contribution in [0.5, 0.6) is 0 Å². The SMILES string of the molecule is CCN(c1ccccc1)c1nc(NC)nc(C)c1[N+](=O)[O-]. The van der Waals surface area contributed by atoms with E-state index in [1.807, 2.05) is 37.3 Å². The lowest BCUT2D eigenvalue weighted by molar-refractivity contribution is -0.385. The van der Waals surface area contributed by atoms with Gasteiger partial charge in [0.1, 0.15) is 5.69 Å². The van der Waals surface area contributed by atoms with Crippen molar-refractivity contribution in [3.63, 3.8) is 0 Å².